The molecule has 3 aromatic carbocycles. The molecule has 5 heteroatoms. The summed E-state index contributed by atoms with van der Waals surface area (Å²) in [6, 6.07) is 17.3. The lowest BCUT2D eigenvalue weighted by Crippen LogP contribution is -2.12. The fourth-order valence-electron chi connectivity index (χ4n) is 4.87. The van der Waals surface area contributed by atoms with Gasteiger partial charge in [-0.15, -0.1) is 11.3 Å². The van der Waals surface area contributed by atoms with Crippen molar-refractivity contribution >= 4 is 53.5 Å². The van der Waals surface area contributed by atoms with Gasteiger partial charge >= 0.3 is 0 Å². The normalized spacial score (nSPS) is 13.0. The highest BCUT2D eigenvalue weighted by Crippen LogP contribution is 2.42. The number of hydrogen-bond acceptors (Lipinski definition) is 5. The van der Waals surface area contributed by atoms with E-state index in [9.17, 15) is 0 Å². The van der Waals surface area contributed by atoms with Crippen molar-refractivity contribution in [3.05, 3.63) is 66.3 Å². The monoisotopic (exact) mass is 479 g/mol. The van der Waals surface area contributed by atoms with E-state index >= 15 is 0 Å². The minimum absolute atomic E-state index is 0.0122. The summed E-state index contributed by atoms with van der Waals surface area (Å²) in [5.41, 5.74) is 6.27. The van der Waals surface area contributed by atoms with E-state index in [1.165, 1.54) is 16.3 Å². The number of benzene rings is 3. The lowest BCUT2D eigenvalue weighted by atomic mass is 9.82. The van der Waals surface area contributed by atoms with Crippen LogP contribution in [0.15, 0.2) is 59.3 Å². The summed E-state index contributed by atoms with van der Waals surface area (Å²) >= 11 is 1.72. The third-order valence-electron chi connectivity index (χ3n) is 6.45. The molecule has 176 valence electrons. The number of aromatic nitrogens is 3. The minimum atomic E-state index is 0.0122. The van der Waals surface area contributed by atoms with Crippen molar-refractivity contribution in [1.29, 1.82) is 0 Å². The van der Waals surface area contributed by atoms with Crippen LogP contribution in [0.5, 0.6) is 0 Å². The average Bonchev–Trinajstić information content (AvgIpc) is 3.36. The van der Waals surface area contributed by atoms with Crippen LogP contribution in [-0.4, -0.2) is 15.0 Å². The fraction of sp³-hybridized carbons (Fsp3) is 0.300. The maximum atomic E-state index is 6.12. The van der Waals surface area contributed by atoms with Gasteiger partial charge in [-0.1, -0.05) is 65.8 Å². The Kier molecular flexibility index (Phi) is 4.81. The van der Waals surface area contributed by atoms with E-state index in [-0.39, 0.29) is 10.8 Å². The van der Waals surface area contributed by atoms with E-state index in [2.05, 4.69) is 84.0 Å². The van der Waals surface area contributed by atoms with Gasteiger partial charge in [0.05, 0.1) is 20.6 Å². The van der Waals surface area contributed by atoms with Gasteiger partial charge in [-0.05, 0) is 51.4 Å². The molecule has 0 radical (unpaired) electrons. The van der Waals surface area contributed by atoms with Gasteiger partial charge in [-0.3, -0.25) is 0 Å². The van der Waals surface area contributed by atoms with Crippen LogP contribution in [0.25, 0.3) is 53.4 Å². The summed E-state index contributed by atoms with van der Waals surface area (Å²) in [7, 11) is 0. The van der Waals surface area contributed by atoms with Crippen molar-refractivity contribution in [2.75, 3.05) is 0 Å². The molecular formula is C30H29N3OS. The Labute approximate surface area is 209 Å². The molecule has 3 heterocycles. The summed E-state index contributed by atoms with van der Waals surface area (Å²) in [6.07, 6.45) is 2.49. The van der Waals surface area contributed by atoms with Crippen molar-refractivity contribution in [3.63, 3.8) is 0 Å². The van der Waals surface area contributed by atoms with E-state index in [0.717, 1.165) is 55.0 Å². The van der Waals surface area contributed by atoms with E-state index in [1.54, 1.807) is 17.7 Å². The standard InChI is InChI=1S/C30H29N3OS/c1-29(2,3)15-23-33-26-22(34-23)12-11-20-25-28(35-27(20)26)24(31-16-32-25)18-13-17-9-7-8-10-19(17)21(14-18)30(4,5)6/h7-14,16H,15H2,1-6H3. The predicted molar refractivity (Wildman–Crippen MR) is 147 cm³/mol. The highest BCUT2D eigenvalue weighted by molar-refractivity contribution is 7.27. The predicted octanol–water partition coefficient (Wildman–Crippen LogP) is 8.69. The molecule has 0 saturated carbocycles. The van der Waals surface area contributed by atoms with Crippen LogP contribution >= 0.6 is 11.3 Å². The van der Waals surface area contributed by atoms with Crippen LogP contribution in [0, 0.1) is 5.41 Å². The Bertz CT molecular complexity index is 1750. The second-order valence-electron chi connectivity index (χ2n) is 11.6. The second-order valence-corrected chi connectivity index (χ2v) is 12.7. The second kappa shape index (κ2) is 7.59. The molecule has 0 aliphatic heterocycles. The Balaban J connectivity index is 1.61. The number of thiophene rings is 1. The zero-order chi connectivity index (χ0) is 24.5. The zero-order valence-corrected chi connectivity index (χ0v) is 21.9. The molecule has 6 aromatic rings. The van der Waals surface area contributed by atoms with E-state index < -0.39 is 0 Å². The summed E-state index contributed by atoms with van der Waals surface area (Å²) < 4.78 is 8.32. The van der Waals surface area contributed by atoms with Crippen LogP contribution in [0.3, 0.4) is 0 Å². The molecule has 6 rings (SSSR count). The van der Waals surface area contributed by atoms with Crippen LogP contribution < -0.4 is 0 Å². The molecule has 0 aliphatic rings. The summed E-state index contributed by atoms with van der Waals surface area (Å²) in [5, 5.41) is 3.63. The molecular weight excluding hydrogens is 450 g/mol. The Morgan fingerprint density at radius 3 is 2.40 bits per heavy atom. The Morgan fingerprint density at radius 1 is 0.829 bits per heavy atom. The van der Waals surface area contributed by atoms with Gasteiger partial charge in [0.15, 0.2) is 11.5 Å². The van der Waals surface area contributed by atoms with Gasteiger partial charge in [-0.2, -0.15) is 0 Å². The third-order valence-corrected chi connectivity index (χ3v) is 7.65. The summed E-state index contributed by atoms with van der Waals surface area (Å²) in [5.74, 6) is 0.785. The van der Waals surface area contributed by atoms with Gasteiger partial charge in [-0.25, -0.2) is 15.0 Å². The Hall–Kier alpha value is -3.31. The molecule has 0 fully saturated rings. The highest BCUT2D eigenvalue weighted by atomic mass is 32.1. The molecule has 0 amide bonds. The number of fused-ring (bicyclic) bond motifs is 6. The highest BCUT2D eigenvalue weighted by Gasteiger charge is 2.22. The van der Waals surface area contributed by atoms with Crippen molar-refractivity contribution in [2.45, 2.75) is 53.4 Å². The van der Waals surface area contributed by atoms with Crippen LogP contribution in [-0.2, 0) is 11.8 Å². The maximum Gasteiger partial charge on any atom is 0.196 e. The van der Waals surface area contributed by atoms with Crippen molar-refractivity contribution in [1.82, 2.24) is 15.0 Å². The SMILES string of the molecule is CC(C)(C)Cc1nc2c(ccc3c4ncnc(-c5cc(C(C)(C)C)c6ccccc6c5)c4sc32)o1. The van der Waals surface area contributed by atoms with E-state index in [4.69, 9.17) is 19.4 Å². The maximum absolute atomic E-state index is 6.12. The van der Waals surface area contributed by atoms with Crippen LogP contribution in [0.4, 0.5) is 0 Å². The molecule has 0 saturated heterocycles. The lowest BCUT2D eigenvalue weighted by molar-refractivity contribution is 0.362. The van der Waals surface area contributed by atoms with Crippen LogP contribution in [0.1, 0.15) is 53.0 Å². The number of nitrogens with zero attached hydrogens (tertiary/aromatic N) is 3. The number of hydrogen-bond donors (Lipinski definition) is 0. The van der Waals surface area contributed by atoms with Crippen molar-refractivity contribution in [2.24, 2.45) is 5.41 Å². The van der Waals surface area contributed by atoms with Crippen molar-refractivity contribution < 1.29 is 4.42 Å². The number of oxazole rings is 1. The average molecular weight is 480 g/mol. The molecule has 0 aliphatic carbocycles. The van der Waals surface area contributed by atoms with Crippen molar-refractivity contribution in [3.8, 4) is 11.3 Å². The quantitative estimate of drug-likeness (QED) is 0.249. The largest absolute Gasteiger partial charge is 0.441 e. The first-order chi connectivity index (χ1) is 16.6. The molecule has 0 atom stereocenters. The molecule has 35 heavy (non-hydrogen) atoms. The smallest absolute Gasteiger partial charge is 0.196 e. The van der Waals surface area contributed by atoms with Gasteiger partial charge in [0.2, 0.25) is 0 Å². The lowest BCUT2D eigenvalue weighted by Gasteiger charge is -2.22. The third kappa shape index (κ3) is 3.79. The summed E-state index contributed by atoms with van der Waals surface area (Å²) in [4.78, 5) is 14.4. The topological polar surface area (TPSA) is 51.8 Å². The zero-order valence-electron chi connectivity index (χ0n) is 21.1. The molecule has 4 nitrogen and oxygen atoms in total. The fourth-order valence-corrected chi connectivity index (χ4v) is 6.12. The molecule has 0 unspecified atom stereocenters. The Morgan fingerprint density at radius 2 is 1.63 bits per heavy atom. The molecule has 0 N–H and O–H groups in total. The minimum Gasteiger partial charge on any atom is -0.441 e. The number of rotatable bonds is 2. The van der Waals surface area contributed by atoms with Gasteiger partial charge < -0.3 is 4.42 Å². The first-order valence-corrected chi connectivity index (χ1v) is 12.9. The first kappa shape index (κ1) is 22.2. The first-order valence-electron chi connectivity index (χ1n) is 12.1. The molecule has 0 bridgehead atoms. The molecule has 0 spiro atoms. The van der Waals surface area contributed by atoms with Gasteiger partial charge in [0.25, 0.3) is 0 Å². The van der Waals surface area contributed by atoms with Crippen LogP contribution in [0.2, 0.25) is 0 Å². The molecule has 3 aromatic heterocycles. The van der Waals surface area contributed by atoms with E-state index in [0.29, 0.717) is 0 Å². The van der Waals surface area contributed by atoms with Gasteiger partial charge in [0.1, 0.15) is 11.8 Å². The van der Waals surface area contributed by atoms with E-state index in [1.807, 2.05) is 6.07 Å². The van der Waals surface area contributed by atoms with Gasteiger partial charge in [0, 0.05) is 17.4 Å². The summed E-state index contributed by atoms with van der Waals surface area (Å²) in [6.45, 7) is 13.4.